The molecule has 0 saturated heterocycles. The smallest absolute Gasteiger partial charge is 0.242 e. The molecule has 1 aromatic carbocycles. The largest absolute Gasteiger partial charge is 0.396 e. The fraction of sp³-hybridized carbons (Fsp3) is 0.250. The third-order valence-corrected chi connectivity index (χ3v) is 4.25. The fourth-order valence-corrected chi connectivity index (χ4v) is 2.49. The van der Waals surface area contributed by atoms with Crippen LogP contribution in [0.25, 0.3) is 0 Å². The van der Waals surface area contributed by atoms with Gasteiger partial charge in [0, 0.05) is 14.1 Å². The third kappa shape index (κ3) is 2.36. The van der Waals surface area contributed by atoms with Gasteiger partial charge in [-0.15, -0.1) is 0 Å². The molecule has 0 heterocycles. The van der Waals surface area contributed by atoms with Crippen LogP contribution < -0.4 is 5.73 Å². The molecular weight excluding hydrogens is 259 g/mol. The zero-order valence-electron chi connectivity index (χ0n) is 8.16. The zero-order valence-corrected chi connectivity index (χ0v) is 10.5. The lowest BCUT2D eigenvalue weighted by Crippen LogP contribution is -2.22. The number of nitrogens with two attached hydrogens (primary N) is 1. The molecule has 0 aliphatic carbocycles. The molecule has 0 radical (unpaired) electrons. The van der Waals surface area contributed by atoms with Crippen LogP contribution in [-0.2, 0) is 10.0 Å². The van der Waals surface area contributed by atoms with E-state index in [9.17, 15) is 8.42 Å². The summed E-state index contributed by atoms with van der Waals surface area (Å²) >= 11 is 11.5. The molecule has 15 heavy (non-hydrogen) atoms. The summed E-state index contributed by atoms with van der Waals surface area (Å²) in [6.07, 6.45) is 0. The first-order valence-corrected chi connectivity index (χ1v) is 6.13. The quantitative estimate of drug-likeness (QED) is 0.833. The Kier molecular flexibility index (Phi) is 3.50. The summed E-state index contributed by atoms with van der Waals surface area (Å²) in [6, 6.07) is 2.55. The molecule has 0 amide bonds. The highest BCUT2D eigenvalue weighted by Gasteiger charge is 2.19. The molecule has 1 rings (SSSR count). The van der Waals surface area contributed by atoms with Crippen molar-refractivity contribution < 1.29 is 8.42 Å². The minimum Gasteiger partial charge on any atom is -0.396 e. The normalized spacial score (nSPS) is 12.1. The SMILES string of the molecule is CN(C)S(=O)(=O)c1cc(Cl)c(N)c(Cl)c1. The van der Waals surface area contributed by atoms with E-state index in [0.717, 1.165) is 4.31 Å². The Labute approximate surface area is 98.6 Å². The van der Waals surface area contributed by atoms with E-state index in [-0.39, 0.29) is 20.6 Å². The van der Waals surface area contributed by atoms with E-state index in [1.165, 1.54) is 26.2 Å². The van der Waals surface area contributed by atoms with Crippen LogP contribution in [0.1, 0.15) is 0 Å². The lowest BCUT2D eigenvalue weighted by atomic mass is 10.3. The molecule has 0 saturated carbocycles. The number of benzene rings is 1. The second-order valence-electron chi connectivity index (χ2n) is 3.09. The highest BCUT2D eigenvalue weighted by atomic mass is 35.5. The number of halogens is 2. The van der Waals surface area contributed by atoms with E-state index in [1.807, 2.05) is 0 Å². The van der Waals surface area contributed by atoms with Crippen molar-refractivity contribution >= 4 is 38.9 Å². The van der Waals surface area contributed by atoms with E-state index in [0.29, 0.717) is 0 Å². The van der Waals surface area contributed by atoms with E-state index < -0.39 is 10.0 Å². The van der Waals surface area contributed by atoms with Crippen molar-refractivity contribution in [3.8, 4) is 0 Å². The van der Waals surface area contributed by atoms with Crippen molar-refractivity contribution in [2.45, 2.75) is 4.90 Å². The highest BCUT2D eigenvalue weighted by Crippen LogP contribution is 2.31. The van der Waals surface area contributed by atoms with Crippen LogP contribution in [0.2, 0.25) is 10.0 Å². The van der Waals surface area contributed by atoms with Crippen LogP contribution in [0.3, 0.4) is 0 Å². The Morgan fingerprint density at radius 2 is 1.60 bits per heavy atom. The number of nitrogens with zero attached hydrogens (tertiary/aromatic N) is 1. The Morgan fingerprint density at radius 3 is 1.93 bits per heavy atom. The van der Waals surface area contributed by atoms with Gasteiger partial charge in [0.25, 0.3) is 0 Å². The molecule has 0 atom stereocenters. The summed E-state index contributed by atoms with van der Waals surface area (Å²) in [5, 5.41) is 0.255. The number of nitrogen functional groups attached to an aromatic ring is 1. The van der Waals surface area contributed by atoms with Gasteiger partial charge in [0.2, 0.25) is 10.0 Å². The molecule has 0 aromatic heterocycles. The highest BCUT2D eigenvalue weighted by molar-refractivity contribution is 7.89. The van der Waals surface area contributed by atoms with Gasteiger partial charge in [-0.2, -0.15) is 0 Å². The Bertz CT molecular complexity index is 462. The van der Waals surface area contributed by atoms with Gasteiger partial charge in [0.1, 0.15) is 0 Å². The molecule has 0 fully saturated rings. The Morgan fingerprint density at radius 1 is 1.20 bits per heavy atom. The van der Waals surface area contributed by atoms with Crippen LogP contribution in [0.4, 0.5) is 5.69 Å². The standard InChI is InChI=1S/C8H10Cl2N2O2S/c1-12(2)15(13,14)5-3-6(9)8(11)7(10)4-5/h3-4H,11H2,1-2H3. The molecule has 84 valence electrons. The van der Waals surface area contributed by atoms with Gasteiger partial charge in [-0.3, -0.25) is 0 Å². The molecule has 0 spiro atoms. The minimum atomic E-state index is -3.53. The summed E-state index contributed by atoms with van der Waals surface area (Å²) in [5.41, 5.74) is 5.67. The molecule has 7 heteroatoms. The molecule has 1 aromatic rings. The summed E-state index contributed by atoms with van der Waals surface area (Å²) in [5.74, 6) is 0. The summed E-state index contributed by atoms with van der Waals surface area (Å²) in [6.45, 7) is 0. The number of sulfonamides is 1. The second-order valence-corrected chi connectivity index (χ2v) is 6.05. The van der Waals surface area contributed by atoms with Crippen LogP contribution in [-0.4, -0.2) is 26.8 Å². The lowest BCUT2D eigenvalue weighted by molar-refractivity contribution is 0.521. The molecule has 0 aliphatic rings. The van der Waals surface area contributed by atoms with Crippen LogP contribution in [0, 0.1) is 0 Å². The van der Waals surface area contributed by atoms with Crippen LogP contribution in [0.5, 0.6) is 0 Å². The first-order chi connectivity index (χ1) is 6.76. The minimum absolute atomic E-state index is 0.0247. The molecule has 2 N–H and O–H groups in total. The maximum absolute atomic E-state index is 11.7. The third-order valence-electron chi connectivity index (χ3n) is 1.83. The lowest BCUT2D eigenvalue weighted by Gasteiger charge is -2.12. The summed E-state index contributed by atoms with van der Waals surface area (Å²) in [7, 11) is -0.682. The van der Waals surface area contributed by atoms with Crippen molar-refractivity contribution in [2.75, 3.05) is 19.8 Å². The van der Waals surface area contributed by atoms with E-state index >= 15 is 0 Å². The van der Waals surface area contributed by atoms with Crippen LogP contribution in [0.15, 0.2) is 17.0 Å². The predicted molar refractivity (Wildman–Crippen MR) is 61.7 cm³/mol. The van der Waals surface area contributed by atoms with E-state index in [2.05, 4.69) is 0 Å². The van der Waals surface area contributed by atoms with Gasteiger partial charge in [-0.1, -0.05) is 23.2 Å². The van der Waals surface area contributed by atoms with Gasteiger partial charge in [-0.25, -0.2) is 12.7 Å². The van der Waals surface area contributed by atoms with Crippen molar-refractivity contribution in [3.05, 3.63) is 22.2 Å². The Balaban J connectivity index is 3.42. The first kappa shape index (κ1) is 12.6. The molecule has 0 bridgehead atoms. The van der Waals surface area contributed by atoms with Gasteiger partial charge in [0.05, 0.1) is 20.6 Å². The molecule has 0 aliphatic heterocycles. The molecule has 0 unspecified atom stereocenters. The van der Waals surface area contributed by atoms with Crippen LogP contribution >= 0.6 is 23.2 Å². The number of anilines is 1. The van der Waals surface area contributed by atoms with Crippen molar-refractivity contribution in [2.24, 2.45) is 0 Å². The van der Waals surface area contributed by atoms with Gasteiger partial charge in [-0.05, 0) is 12.1 Å². The first-order valence-electron chi connectivity index (χ1n) is 3.94. The van der Waals surface area contributed by atoms with E-state index in [1.54, 1.807) is 0 Å². The van der Waals surface area contributed by atoms with Gasteiger partial charge in [0.15, 0.2) is 0 Å². The zero-order chi connectivity index (χ0) is 11.8. The fourth-order valence-electron chi connectivity index (χ4n) is 0.921. The maximum Gasteiger partial charge on any atom is 0.242 e. The van der Waals surface area contributed by atoms with Crippen molar-refractivity contribution in [1.29, 1.82) is 0 Å². The molecular formula is C8H10Cl2N2O2S. The number of hydrogen-bond donors (Lipinski definition) is 1. The summed E-state index contributed by atoms with van der Waals surface area (Å²) < 4.78 is 24.5. The molecule has 4 nitrogen and oxygen atoms in total. The van der Waals surface area contributed by atoms with Crippen molar-refractivity contribution in [1.82, 2.24) is 4.31 Å². The van der Waals surface area contributed by atoms with Gasteiger partial charge >= 0.3 is 0 Å². The average Bonchev–Trinajstić information content (AvgIpc) is 2.13. The Hall–Kier alpha value is -0.490. The maximum atomic E-state index is 11.7. The second kappa shape index (κ2) is 4.17. The predicted octanol–water partition coefficient (Wildman–Crippen LogP) is 1.83. The average molecular weight is 269 g/mol. The topological polar surface area (TPSA) is 63.4 Å². The number of hydrogen-bond acceptors (Lipinski definition) is 3. The summed E-state index contributed by atoms with van der Waals surface area (Å²) in [4.78, 5) is 0.0247. The van der Waals surface area contributed by atoms with Crippen molar-refractivity contribution in [3.63, 3.8) is 0 Å². The number of rotatable bonds is 2. The van der Waals surface area contributed by atoms with Gasteiger partial charge < -0.3 is 5.73 Å². The van der Waals surface area contributed by atoms with E-state index in [4.69, 9.17) is 28.9 Å². The monoisotopic (exact) mass is 268 g/mol.